The number of hydrogen-bond donors (Lipinski definition) is 0. The van der Waals surface area contributed by atoms with Crippen molar-refractivity contribution >= 4 is 18.0 Å². The first-order valence-electron chi connectivity index (χ1n) is 5.09. The zero-order chi connectivity index (χ0) is 11.3. The molecule has 3 heteroatoms. The number of halogens is 1. The highest BCUT2D eigenvalue weighted by Gasteiger charge is 1.97. The summed E-state index contributed by atoms with van der Waals surface area (Å²) in [5.41, 5.74) is 2.50. The van der Waals surface area contributed by atoms with Gasteiger partial charge in [-0.05, 0) is 44.3 Å². The minimum Gasteiger partial charge on any atom is -0.497 e. The fraction of sp³-hybridized carbons (Fsp3) is 0.385. The Balaban J connectivity index is 0.00000225. The highest BCUT2D eigenvalue weighted by molar-refractivity contribution is 5.85. The number of nitrogens with zero attached hydrogens (tertiary/aromatic N) is 1. The lowest BCUT2D eigenvalue weighted by Crippen LogP contribution is -2.10. The van der Waals surface area contributed by atoms with E-state index in [-0.39, 0.29) is 12.4 Å². The second-order valence-corrected chi connectivity index (χ2v) is 3.88. The van der Waals surface area contributed by atoms with Gasteiger partial charge in [-0.15, -0.1) is 12.4 Å². The van der Waals surface area contributed by atoms with Gasteiger partial charge in [-0.25, -0.2) is 0 Å². The molecule has 0 aliphatic rings. The average Bonchev–Trinajstić information content (AvgIpc) is 2.26. The van der Waals surface area contributed by atoms with Crippen molar-refractivity contribution in [2.45, 2.75) is 6.92 Å². The SMILES string of the molecule is COc1cccc(/C(C)=C/CN(C)C)c1.Cl. The first-order chi connectivity index (χ1) is 7.13. The smallest absolute Gasteiger partial charge is 0.119 e. The van der Waals surface area contributed by atoms with Gasteiger partial charge in [0.15, 0.2) is 0 Å². The van der Waals surface area contributed by atoms with Crippen LogP contribution in [0.2, 0.25) is 0 Å². The first kappa shape index (κ1) is 15.0. The third kappa shape index (κ3) is 4.69. The number of allylic oxidation sites excluding steroid dienone is 1. The fourth-order valence-electron chi connectivity index (χ4n) is 1.31. The van der Waals surface area contributed by atoms with Crippen molar-refractivity contribution in [1.82, 2.24) is 4.90 Å². The van der Waals surface area contributed by atoms with E-state index in [4.69, 9.17) is 4.74 Å². The van der Waals surface area contributed by atoms with Crippen molar-refractivity contribution in [3.8, 4) is 5.75 Å². The number of methoxy groups -OCH3 is 1. The molecule has 16 heavy (non-hydrogen) atoms. The lowest BCUT2D eigenvalue weighted by atomic mass is 10.1. The van der Waals surface area contributed by atoms with E-state index in [0.29, 0.717) is 0 Å². The molecule has 0 spiro atoms. The third-order valence-electron chi connectivity index (χ3n) is 2.29. The summed E-state index contributed by atoms with van der Waals surface area (Å²) in [5, 5.41) is 0. The Hall–Kier alpha value is -0.990. The highest BCUT2D eigenvalue weighted by atomic mass is 35.5. The van der Waals surface area contributed by atoms with Crippen molar-refractivity contribution in [2.75, 3.05) is 27.7 Å². The van der Waals surface area contributed by atoms with Crippen LogP contribution in [0.25, 0.3) is 5.57 Å². The third-order valence-corrected chi connectivity index (χ3v) is 2.29. The minimum absolute atomic E-state index is 0. The molecule has 1 rings (SSSR count). The number of likely N-dealkylation sites (N-methyl/N-ethyl adjacent to an activating group) is 1. The van der Waals surface area contributed by atoms with E-state index in [0.717, 1.165) is 12.3 Å². The zero-order valence-electron chi connectivity index (χ0n) is 10.4. The Morgan fingerprint density at radius 1 is 1.38 bits per heavy atom. The number of rotatable bonds is 4. The average molecular weight is 242 g/mol. The van der Waals surface area contributed by atoms with Gasteiger partial charge in [-0.3, -0.25) is 0 Å². The zero-order valence-corrected chi connectivity index (χ0v) is 11.2. The van der Waals surface area contributed by atoms with Crippen LogP contribution in [0.1, 0.15) is 12.5 Å². The molecule has 0 aliphatic carbocycles. The van der Waals surface area contributed by atoms with Crippen LogP contribution in [-0.4, -0.2) is 32.6 Å². The van der Waals surface area contributed by atoms with Crippen LogP contribution in [0.4, 0.5) is 0 Å². The Labute approximate surface area is 104 Å². The molecule has 0 unspecified atom stereocenters. The summed E-state index contributed by atoms with van der Waals surface area (Å²) in [6.45, 7) is 3.08. The molecule has 0 amide bonds. The Morgan fingerprint density at radius 3 is 2.62 bits per heavy atom. The summed E-state index contributed by atoms with van der Waals surface area (Å²) in [6.07, 6.45) is 2.22. The molecule has 0 radical (unpaired) electrons. The number of ether oxygens (including phenoxy) is 1. The van der Waals surface area contributed by atoms with Gasteiger partial charge in [-0.2, -0.15) is 0 Å². The van der Waals surface area contributed by atoms with E-state index >= 15 is 0 Å². The molecule has 0 atom stereocenters. The quantitative estimate of drug-likeness (QED) is 0.803. The van der Waals surface area contributed by atoms with Gasteiger partial charge in [-0.1, -0.05) is 18.2 Å². The van der Waals surface area contributed by atoms with E-state index < -0.39 is 0 Å². The summed E-state index contributed by atoms with van der Waals surface area (Å²) in [4.78, 5) is 2.14. The van der Waals surface area contributed by atoms with Crippen molar-refractivity contribution < 1.29 is 4.74 Å². The van der Waals surface area contributed by atoms with Crippen molar-refractivity contribution in [3.63, 3.8) is 0 Å². The van der Waals surface area contributed by atoms with Crippen molar-refractivity contribution in [1.29, 1.82) is 0 Å². The standard InChI is InChI=1S/C13H19NO.ClH/c1-11(8-9-14(2)3)12-6-5-7-13(10-12)15-4;/h5-8,10H,9H2,1-4H3;1H/b11-8+;. The molecular weight excluding hydrogens is 222 g/mol. The van der Waals surface area contributed by atoms with Crippen molar-refractivity contribution in [3.05, 3.63) is 35.9 Å². The molecule has 0 bridgehead atoms. The van der Waals surface area contributed by atoms with Crippen molar-refractivity contribution in [2.24, 2.45) is 0 Å². The van der Waals surface area contributed by atoms with E-state index in [1.165, 1.54) is 11.1 Å². The van der Waals surface area contributed by atoms with E-state index in [9.17, 15) is 0 Å². The molecule has 0 aromatic heterocycles. The fourth-order valence-corrected chi connectivity index (χ4v) is 1.31. The molecular formula is C13H20ClNO. The van der Waals surface area contributed by atoms with Gasteiger partial charge in [0, 0.05) is 6.54 Å². The lowest BCUT2D eigenvalue weighted by molar-refractivity contribution is 0.414. The largest absolute Gasteiger partial charge is 0.497 e. The second-order valence-electron chi connectivity index (χ2n) is 3.88. The molecule has 0 saturated heterocycles. The number of hydrogen-bond acceptors (Lipinski definition) is 2. The van der Waals surface area contributed by atoms with Crippen LogP contribution in [0.5, 0.6) is 5.75 Å². The molecule has 0 fully saturated rings. The van der Waals surface area contributed by atoms with E-state index in [2.05, 4.69) is 44.1 Å². The predicted molar refractivity (Wildman–Crippen MR) is 72.4 cm³/mol. The summed E-state index contributed by atoms with van der Waals surface area (Å²) in [5.74, 6) is 0.908. The first-order valence-corrected chi connectivity index (χ1v) is 5.09. The monoisotopic (exact) mass is 241 g/mol. The highest BCUT2D eigenvalue weighted by Crippen LogP contribution is 2.19. The van der Waals surface area contributed by atoms with Crippen LogP contribution in [0, 0.1) is 0 Å². The molecule has 0 saturated carbocycles. The number of benzene rings is 1. The maximum Gasteiger partial charge on any atom is 0.119 e. The summed E-state index contributed by atoms with van der Waals surface area (Å²) in [7, 11) is 5.82. The molecule has 0 aliphatic heterocycles. The van der Waals surface area contributed by atoms with E-state index in [1.807, 2.05) is 12.1 Å². The van der Waals surface area contributed by atoms with Gasteiger partial charge in [0.1, 0.15) is 5.75 Å². The Morgan fingerprint density at radius 2 is 2.06 bits per heavy atom. The maximum atomic E-state index is 5.19. The van der Waals surface area contributed by atoms with Gasteiger partial charge in [0.25, 0.3) is 0 Å². The van der Waals surface area contributed by atoms with Crippen LogP contribution in [0.15, 0.2) is 30.3 Å². The Bertz CT molecular complexity index is 348. The maximum absolute atomic E-state index is 5.19. The molecule has 1 aromatic rings. The second kappa shape index (κ2) is 7.31. The van der Waals surface area contributed by atoms with Crippen LogP contribution >= 0.6 is 12.4 Å². The summed E-state index contributed by atoms with van der Waals surface area (Å²) >= 11 is 0. The summed E-state index contributed by atoms with van der Waals surface area (Å²) < 4.78 is 5.19. The lowest BCUT2D eigenvalue weighted by Gasteiger charge is -2.08. The molecule has 0 N–H and O–H groups in total. The molecule has 90 valence electrons. The molecule has 0 heterocycles. The Kier molecular flexibility index (Phi) is 6.86. The summed E-state index contributed by atoms with van der Waals surface area (Å²) in [6, 6.07) is 8.13. The topological polar surface area (TPSA) is 12.5 Å². The van der Waals surface area contributed by atoms with Gasteiger partial charge >= 0.3 is 0 Å². The normalized spacial score (nSPS) is 11.2. The molecule has 1 aromatic carbocycles. The molecule has 2 nitrogen and oxygen atoms in total. The van der Waals surface area contributed by atoms with Crippen LogP contribution in [-0.2, 0) is 0 Å². The van der Waals surface area contributed by atoms with Gasteiger partial charge in [0.05, 0.1) is 7.11 Å². The van der Waals surface area contributed by atoms with E-state index in [1.54, 1.807) is 7.11 Å². The predicted octanol–water partition coefficient (Wildman–Crippen LogP) is 3.08. The van der Waals surface area contributed by atoms with Crippen LogP contribution < -0.4 is 4.74 Å². The van der Waals surface area contributed by atoms with Gasteiger partial charge in [0.2, 0.25) is 0 Å². The van der Waals surface area contributed by atoms with Gasteiger partial charge < -0.3 is 9.64 Å². The minimum atomic E-state index is 0. The van der Waals surface area contributed by atoms with Crippen LogP contribution in [0.3, 0.4) is 0 Å².